The van der Waals surface area contributed by atoms with Crippen LogP contribution in [0.25, 0.3) is 0 Å². The first-order valence-corrected chi connectivity index (χ1v) is 5.45. The molecule has 0 bridgehead atoms. The molecule has 1 aliphatic rings. The summed E-state index contributed by atoms with van der Waals surface area (Å²) < 4.78 is 0. The summed E-state index contributed by atoms with van der Waals surface area (Å²) in [5.74, 6) is 0. The molecule has 1 fully saturated rings. The van der Waals surface area contributed by atoms with Crippen molar-refractivity contribution in [1.29, 1.82) is 5.26 Å². The predicted octanol–water partition coefficient (Wildman–Crippen LogP) is 1.31. The average Bonchev–Trinajstić information content (AvgIpc) is 2.16. The van der Waals surface area contributed by atoms with E-state index in [0.29, 0.717) is 12.1 Å². The van der Waals surface area contributed by atoms with Gasteiger partial charge in [0.15, 0.2) is 0 Å². The van der Waals surface area contributed by atoms with Crippen molar-refractivity contribution < 1.29 is 0 Å². The molecule has 1 atom stereocenters. The van der Waals surface area contributed by atoms with Crippen molar-refractivity contribution in [3.63, 3.8) is 0 Å². The molecule has 0 radical (unpaired) electrons. The van der Waals surface area contributed by atoms with Crippen LogP contribution in [0.2, 0.25) is 0 Å². The molecular formula is C11H21N3. The van der Waals surface area contributed by atoms with Crippen LogP contribution in [0.4, 0.5) is 0 Å². The highest BCUT2D eigenvalue weighted by Gasteiger charge is 2.29. The van der Waals surface area contributed by atoms with Gasteiger partial charge in [-0.25, -0.2) is 0 Å². The van der Waals surface area contributed by atoms with Gasteiger partial charge in [0.2, 0.25) is 0 Å². The van der Waals surface area contributed by atoms with Crippen molar-refractivity contribution in [2.45, 2.75) is 45.8 Å². The molecular weight excluding hydrogens is 174 g/mol. The van der Waals surface area contributed by atoms with E-state index in [9.17, 15) is 0 Å². The molecule has 1 aliphatic heterocycles. The number of hydrogen-bond donors (Lipinski definition) is 0. The monoisotopic (exact) mass is 195 g/mol. The van der Waals surface area contributed by atoms with Crippen molar-refractivity contribution in [2.75, 3.05) is 19.6 Å². The topological polar surface area (TPSA) is 30.3 Å². The summed E-state index contributed by atoms with van der Waals surface area (Å²) in [6, 6.07) is 3.52. The maximum Gasteiger partial charge on any atom is 0.111 e. The van der Waals surface area contributed by atoms with E-state index < -0.39 is 0 Å². The quantitative estimate of drug-likeness (QED) is 0.665. The fourth-order valence-electron chi connectivity index (χ4n) is 2.02. The summed E-state index contributed by atoms with van der Waals surface area (Å²) in [6.45, 7) is 11.7. The lowest BCUT2D eigenvalue weighted by Crippen LogP contribution is -2.56. The maximum absolute atomic E-state index is 9.09. The first-order chi connectivity index (χ1) is 6.56. The zero-order chi connectivity index (χ0) is 10.7. The summed E-state index contributed by atoms with van der Waals surface area (Å²) in [5.41, 5.74) is 0. The number of piperazine rings is 1. The molecule has 0 aromatic heterocycles. The summed E-state index contributed by atoms with van der Waals surface area (Å²) in [6.07, 6.45) is 0. The van der Waals surface area contributed by atoms with E-state index in [-0.39, 0.29) is 6.04 Å². The van der Waals surface area contributed by atoms with Gasteiger partial charge in [0.25, 0.3) is 0 Å². The van der Waals surface area contributed by atoms with Gasteiger partial charge in [0.05, 0.1) is 6.07 Å². The van der Waals surface area contributed by atoms with Crippen LogP contribution in [-0.4, -0.2) is 47.6 Å². The van der Waals surface area contributed by atoms with Gasteiger partial charge in [0, 0.05) is 31.7 Å². The third-order valence-corrected chi connectivity index (χ3v) is 3.00. The third-order valence-electron chi connectivity index (χ3n) is 3.00. The maximum atomic E-state index is 9.09. The Kier molecular flexibility index (Phi) is 3.91. The van der Waals surface area contributed by atoms with E-state index in [4.69, 9.17) is 5.26 Å². The van der Waals surface area contributed by atoms with E-state index in [1.54, 1.807) is 0 Å². The number of nitriles is 1. The van der Waals surface area contributed by atoms with Crippen LogP contribution in [0.5, 0.6) is 0 Å². The summed E-state index contributed by atoms with van der Waals surface area (Å²) in [7, 11) is 0. The van der Waals surface area contributed by atoms with Crippen molar-refractivity contribution >= 4 is 0 Å². The summed E-state index contributed by atoms with van der Waals surface area (Å²) in [5, 5.41) is 9.09. The molecule has 1 heterocycles. The first-order valence-electron chi connectivity index (χ1n) is 5.45. The van der Waals surface area contributed by atoms with Gasteiger partial charge in [-0.2, -0.15) is 5.26 Å². The fourth-order valence-corrected chi connectivity index (χ4v) is 2.02. The van der Waals surface area contributed by atoms with Gasteiger partial charge in [-0.3, -0.25) is 9.80 Å². The second-order valence-electron chi connectivity index (χ2n) is 4.57. The van der Waals surface area contributed by atoms with E-state index >= 15 is 0 Å². The number of rotatable bonds is 2. The lowest BCUT2D eigenvalue weighted by molar-refractivity contribution is 0.0600. The normalized spacial score (nSPS) is 25.6. The average molecular weight is 195 g/mol. The predicted molar refractivity (Wildman–Crippen MR) is 58.0 cm³/mol. The minimum Gasteiger partial charge on any atom is -0.297 e. The lowest BCUT2D eigenvalue weighted by atomic mass is 10.1. The highest BCUT2D eigenvalue weighted by molar-refractivity contribution is 4.98. The molecule has 1 saturated heterocycles. The highest BCUT2D eigenvalue weighted by Crippen LogP contribution is 2.14. The van der Waals surface area contributed by atoms with E-state index in [2.05, 4.69) is 43.6 Å². The van der Waals surface area contributed by atoms with Crippen molar-refractivity contribution in [3.8, 4) is 6.07 Å². The van der Waals surface area contributed by atoms with Gasteiger partial charge in [-0.15, -0.1) is 0 Å². The van der Waals surface area contributed by atoms with Crippen molar-refractivity contribution in [2.24, 2.45) is 0 Å². The molecule has 0 spiro atoms. The third kappa shape index (κ3) is 2.46. The van der Waals surface area contributed by atoms with Gasteiger partial charge in [-0.05, 0) is 27.7 Å². The van der Waals surface area contributed by atoms with Gasteiger partial charge in [-0.1, -0.05) is 0 Å². The molecule has 0 aromatic carbocycles. The second-order valence-corrected chi connectivity index (χ2v) is 4.57. The van der Waals surface area contributed by atoms with Crippen LogP contribution in [0.3, 0.4) is 0 Å². The molecule has 0 aromatic rings. The minimum atomic E-state index is 0.0751. The lowest BCUT2D eigenvalue weighted by Gasteiger charge is -2.42. The molecule has 0 amide bonds. The van der Waals surface area contributed by atoms with E-state index in [1.165, 1.54) is 0 Å². The minimum absolute atomic E-state index is 0.0751. The van der Waals surface area contributed by atoms with Gasteiger partial charge < -0.3 is 0 Å². The standard InChI is InChI=1S/C11H21N3/c1-9(2)13-5-6-14(10(3)4)11(7-12)8-13/h9-11H,5-6,8H2,1-4H3/t11-/m0/s1. The van der Waals surface area contributed by atoms with Gasteiger partial charge in [0.1, 0.15) is 6.04 Å². The Bertz CT molecular complexity index is 217. The zero-order valence-corrected chi connectivity index (χ0v) is 9.70. The molecule has 0 N–H and O–H groups in total. The van der Waals surface area contributed by atoms with E-state index in [0.717, 1.165) is 19.6 Å². The molecule has 0 unspecified atom stereocenters. The first kappa shape index (κ1) is 11.5. The van der Waals surface area contributed by atoms with Crippen LogP contribution < -0.4 is 0 Å². The van der Waals surface area contributed by atoms with Crippen LogP contribution in [0.15, 0.2) is 0 Å². The Labute approximate surface area is 87.3 Å². The summed E-state index contributed by atoms with van der Waals surface area (Å²) in [4.78, 5) is 4.67. The van der Waals surface area contributed by atoms with Gasteiger partial charge >= 0.3 is 0 Å². The largest absolute Gasteiger partial charge is 0.297 e. The van der Waals surface area contributed by atoms with Crippen molar-refractivity contribution in [1.82, 2.24) is 9.80 Å². The molecule has 80 valence electrons. The van der Waals surface area contributed by atoms with E-state index in [1.807, 2.05) is 0 Å². The molecule has 0 saturated carbocycles. The Balaban J connectivity index is 2.60. The Morgan fingerprint density at radius 1 is 1.14 bits per heavy atom. The highest BCUT2D eigenvalue weighted by atomic mass is 15.3. The fraction of sp³-hybridized carbons (Fsp3) is 0.909. The molecule has 0 aliphatic carbocycles. The SMILES string of the molecule is CC(C)N1CCN(C(C)C)[C@@H](C#N)C1. The molecule has 3 heteroatoms. The molecule has 14 heavy (non-hydrogen) atoms. The van der Waals surface area contributed by atoms with Crippen LogP contribution in [-0.2, 0) is 0 Å². The number of nitrogens with zero attached hydrogens (tertiary/aromatic N) is 3. The summed E-state index contributed by atoms with van der Waals surface area (Å²) >= 11 is 0. The smallest absolute Gasteiger partial charge is 0.111 e. The van der Waals surface area contributed by atoms with Crippen molar-refractivity contribution in [3.05, 3.63) is 0 Å². The van der Waals surface area contributed by atoms with Crippen LogP contribution in [0.1, 0.15) is 27.7 Å². The van der Waals surface area contributed by atoms with Crippen LogP contribution in [0, 0.1) is 11.3 Å². The number of hydrogen-bond acceptors (Lipinski definition) is 3. The molecule has 1 rings (SSSR count). The second kappa shape index (κ2) is 4.77. The zero-order valence-electron chi connectivity index (χ0n) is 9.70. The van der Waals surface area contributed by atoms with Crippen LogP contribution >= 0.6 is 0 Å². The Morgan fingerprint density at radius 2 is 1.79 bits per heavy atom. The Hall–Kier alpha value is -0.590. The molecule has 3 nitrogen and oxygen atoms in total. The Morgan fingerprint density at radius 3 is 2.21 bits per heavy atom.